The first-order chi connectivity index (χ1) is 8.58. The van der Waals surface area contributed by atoms with Gasteiger partial charge in [-0.15, -0.1) is 11.3 Å². The maximum atomic E-state index is 13.1. The van der Waals surface area contributed by atoms with Crippen LogP contribution in [0.1, 0.15) is 21.1 Å². The molecule has 0 bridgehead atoms. The minimum absolute atomic E-state index is 0.449. The summed E-state index contributed by atoms with van der Waals surface area (Å²) < 4.78 is 26.1. The minimum Gasteiger partial charge on any atom is -0.330 e. The lowest BCUT2D eigenvalue weighted by Gasteiger charge is -1.99. The van der Waals surface area contributed by atoms with Crippen LogP contribution in [0.3, 0.4) is 0 Å². The van der Waals surface area contributed by atoms with Crippen LogP contribution in [0, 0.1) is 18.6 Å². The average molecular weight is 268 g/mol. The third-order valence-corrected chi connectivity index (χ3v) is 3.80. The predicted molar refractivity (Wildman–Crippen MR) is 68.8 cm³/mol. The maximum absolute atomic E-state index is 13.1. The molecule has 1 heterocycles. The number of aromatic nitrogens is 1. The summed E-state index contributed by atoms with van der Waals surface area (Å²) in [6, 6.07) is 3.54. The molecule has 2 N–H and O–H groups in total. The third-order valence-electron chi connectivity index (χ3n) is 2.59. The maximum Gasteiger partial charge on any atom is 0.126 e. The van der Waals surface area contributed by atoms with E-state index in [1.54, 1.807) is 11.3 Å². The quantitative estimate of drug-likeness (QED) is 0.926. The fourth-order valence-electron chi connectivity index (χ4n) is 1.81. The molecule has 0 atom stereocenters. The van der Waals surface area contributed by atoms with Crippen LogP contribution in [0.15, 0.2) is 18.2 Å². The van der Waals surface area contributed by atoms with Crippen molar-refractivity contribution < 1.29 is 8.78 Å². The Bertz CT molecular complexity index is 532. The first-order valence-electron chi connectivity index (χ1n) is 5.68. The second kappa shape index (κ2) is 5.54. The van der Waals surface area contributed by atoms with Crippen LogP contribution in [0.2, 0.25) is 0 Å². The first-order valence-corrected chi connectivity index (χ1v) is 6.50. The second-order valence-electron chi connectivity index (χ2n) is 4.11. The Balaban J connectivity index is 2.20. The van der Waals surface area contributed by atoms with E-state index in [-0.39, 0.29) is 0 Å². The van der Waals surface area contributed by atoms with Crippen LogP contribution < -0.4 is 5.73 Å². The standard InChI is InChI=1S/C13H14F2N2S/c1-8-12(2-3-16)18-13(17-8)6-9-4-10(14)7-11(15)5-9/h4-5,7H,2-3,6,16H2,1H3. The molecule has 0 spiro atoms. The topological polar surface area (TPSA) is 38.9 Å². The summed E-state index contributed by atoms with van der Waals surface area (Å²) in [6.07, 6.45) is 1.24. The fourth-order valence-corrected chi connectivity index (χ4v) is 2.93. The Morgan fingerprint density at radius 3 is 2.50 bits per heavy atom. The smallest absolute Gasteiger partial charge is 0.126 e. The highest BCUT2D eigenvalue weighted by atomic mass is 32.1. The number of nitrogens with two attached hydrogens (primary N) is 1. The molecule has 2 aromatic rings. The minimum atomic E-state index is -0.555. The lowest BCUT2D eigenvalue weighted by Crippen LogP contribution is -2.01. The van der Waals surface area contributed by atoms with Crippen LogP contribution in [0.4, 0.5) is 8.78 Å². The fraction of sp³-hybridized carbons (Fsp3) is 0.308. The molecule has 1 aromatic carbocycles. The van der Waals surface area contributed by atoms with E-state index in [0.29, 0.717) is 18.5 Å². The van der Waals surface area contributed by atoms with Crippen molar-refractivity contribution in [3.63, 3.8) is 0 Å². The van der Waals surface area contributed by atoms with Gasteiger partial charge in [-0.25, -0.2) is 13.8 Å². The molecule has 0 radical (unpaired) electrons. The van der Waals surface area contributed by atoms with Gasteiger partial charge < -0.3 is 5.73 Å². The number of rotatable bonds is 4. The van der Waals surface area contributed by atoms with Crippen molar-refractivity contribution in [2.45, 2.75) is 19.8 Å². The Labute approximate surface area is 108 Å². The summed E-state index contributed by atoms with van der Waals surface area (Å²) >= 11 is 1.55. The van der Waals surface area contributed by atoms with E-state index < -0.39 is 11.6 Å². The predicted octanol–water partition coefficient (Wildman–Crippen LogP) is 2.82. The third kappa shape index (κ3) is 3.11. The molecule has 0 saturated carbocycles. The van der Waals surface area contributed by atoms with E-state index >= 15 is 0 Å². The summed E-state index contributed by atoms with van der Waals surface area (Å²) in [7, 11) is 0. The molecule has 5 heteroatoms. The van der Waals surface area contributed by atoms with Crippen molar-refractivity contribution in [3.05, 3.63) is 51.0 Å². The van der Waals surface area contributed by atoms with Gasteiger partial charge in [0.2, 0.25) is 0 Å². The summed E-state index contributed by atoms with van der Waals surface area (Å²) in [5, 5.41) is 0.862. The Hall–Kier alpha value is -1.33. The van der Waals surface area contributed by atoms with Gasteiger partial charge in [-0.05, 0) is 37.6 Å². The van der Waals surface area contributed by atoms with Gasteiger partial charge in [0.25, 0.3) is 0 Å². The molecule has 0 aliphatic carbocycles. The van der Waals surface area contributed by atoms with E-state index in [1.807, 2.05) is 6.92 Å². The van der Waals surface area contributed by atoms with Crippen LogP contribution in [-0.2, 0) is 12.8 Å². The van der Waals surface area contributed by atoms with Crippen LogP contribution in [-0.4, -0.2) is 11.5 Å². The van der Waals surface area contributed by atoms with Crippen LogP contribution >= 0.6 is 11.3 Å². The number of nitrogens with zero attached hydrogens (tertiary/aromatic N) is 1. The zero-order chi connectivity index (χ0) is 13.1. The van der Waals surface area contributed by atoms with Crippen molar-refractivity contribution in [2.24, 2.45) is 5.73 Å². The van der Waals surface area contributed by atoms with E-state index in [1.165, 1.54) is 12.1 Å². The summed E-state index contributed by atoms with van der Waals surface area (Å²) in [5.41, 5.74) is 7.06. The van der Waals surface area contributed by atoms with Crippen molar-refractivity contribution >= 4 is 11.3 Å². The van der Waals surface area contributed by atoms with E-state index in [9.17, 15) is 8.78 Å². The lowest BCUT2D eigenvalue weighted by atomic mass is 10.1. The summed E-state index contributed by atoms with van der Waals surface area (Å²) in [4.78, 5) is 5.54. The van der Waals surface area contributed by atoms with Gasteiger partial charge in [-0.3, -0.25) is 0 Å². The number of hydrogen-bond donors (Lipinski definition) is 1. The van der Waals surface area contributed by atoms with Gasteiger partial charge in [-0.2, -0.15) is 0 Å². The van der Waals surface area contributed by atoms with Gasteiger partial charge in [0, 0.05) is 17.4 Å². The molecule has 0 amide bonds. The molecule has 0 aliphatic heterocycles. The van der Waals surface area contributed by atoms with Crippen LogP contribution in [0.5, 0.6) is 0 Å². The zero-order valence-corrected chi connectivity index (χ0v) is 10.9. The Morgan fingerprint density at radius 2 is 1.89 bits per heavy atom. The zero-order valence-electron chi connectivity index (χ0n) is 10.0. The largest absolute Gasteiger partial charge is 0.330 e. The highest BCUT2D eigenvalue weighted by Crippen LogP contribution is 2.21. The highest BCUT2D eigenvalue weighted by Gasteiger charge is 2.09. The number of hydrogen-bond acceptors (Lipinski definition) is 3. The molecule has 1 aromatic heterocycles. The van der Waals surface area contributed by atoms with E-state index in [2.05, 4.69) is 4.98 Å². The van der Waals surface area contributed by atoms with Crippen LogP contribution in [0.25, 0.3) is 0 Å². The lowest BCUT2D eigenvalue weighted by molar-refractivity contribution is 0.580. The second-order valence-corrected chi connectivity index (χ2v) is 5.28. The van der Waals surface area contributed by atoms with E-state index in [4.69, 9.17) is 5.73 Å². The number of benzene rings is 1. The van der Waals surface area contributed by atoms with Crippen molar-refractivity contribution in [1.29, 1.82) is 0 Å². The van der Waals surface area contributed by atoms with Crippen molar-refractivity contribution in [2.75, 3.05) is 6.54 Å². The first kappa shape index (κ1) is 13.1. The SMILES string of the molecule is Cc1nc(Cc2cc(F)cc(F)c2)sc1CCN. The normalized spacial score (nSPS) is 10.9. The van der Waals surface area contributed by atoms with Crippen molar-refractivity contribution in [3.8, 4) is 0 Å². The van der Waals surface area contributed by atoms with Gasteiger partial charge in [0.05, 0.1) is 10.7 Å². The van der Waals surface area contributed by atoms with E-state index in [0.717, 1.165) is 28.1 Å². The Kier molecular flexibility index (Phi) is 4.04. The molecule has 96 valence electrons. The molecule has 2 nitrogen and oxygen atoms in total. The number of thiazole rings is 1. The summed E-state index contributed by atoms with van der Waals surface area (Å²) in [5.74, 6) is -1.11. The summed E-state index contributed by atoms with van der Waals surface area (Å²) in [6.45, 7) is 2.51. The molecule has 0 fully saturated rings. The molecule has 0 aliphatic rings. The average Bonchev–Trinajstić information content (AvgIpc) is 2.58. The molecular weight excluding hydrogens is 254 g/mol. The molecular formula is C13H14F2N2S. The molecule has 0 saturated heterocycles. The molecule has 0 unspecified atom stereocenters. The monoisotopic (exact) mass is 268 g/mol. The molecule has 2 rings (SSSR count). The molecule has 18 heavy (non-hydrogen) atoms. The van der Waals surface area contributed by atoms with Crippen molar-refractivity contribution in [1.82, 2.24) is 4.98 Å². The Morgan fingerprint density at radius 1 is 1.22 bits per heavy atom. The van der Waals surface area contributed by atoms with Gasteiger partial charge in [0.1, 0.15) is 11.6 Å². The number of halogens is 2. The van der Waals surface area contributed by atoms with Gasteiger partial charge >= 0.3 is 0 Å². The highest BCUT2D eigenvalue weighted by molar-refractivity contribution is 7.11. The van der Waals surface area contributed by atoms with Gasteiger partial charge in [-0.1, -0.05) is 0 Å². The number of aryl methyl sites for hydroxylation is 1. The van der Waals surface area contributed by atoms with Gasteiger partial charge in [0.15, 0.2) is 0 Å².